The molecule has 0 saturated carbocycles. The Hall–Kier alpha value is -1.60. The van der Waals surface area contributed by atoms with Crippen molar-refractivity contribution < 1.29 is 8.42 Å². The summed E-state index contributed by atoms with van der Waals surface area (Å²) in [7, 11) is -3.06. The lowest BCUT2D eigenvalue weighted by Crippen LogP contribution is -2.41. The minimum absolute atomic E-state index is 0.450. The molecule has 1 aliphatic carbocycles. The molecule has 27 heavy (non-hydrogen) atoms. The van der Waals surface area contributed by atoms with E-state index in [1.807, 2.05) is 0 Å². The number of aliphatic imine (C=N–C) groups is 1. The average molecular weight is 393 g/mol. The van der Waals surface area contributed by atoms with E-state index < -0.39 is 10.0 Å². The van der Waals surface area contributed by atoms with Gasteiger partial charge in [0.05, 0.1) is 6.26 Å². The summed E-state index contributed by atoms with van der Waals surface area (Å²) in [5, 5.41) is 6.84. The van der Waals surface area contributed by atoms with Crippen LogP contribution in [0.25, 0.3) is 0 Å². The third-order valence-corrected chi connectivity index (χ3v) is 6.97. The molecule has 1 aromatic carbocycles. The summed E-state index contributed by atoms with van der Waals surface area (Å²) in [5.74, 6) is 1.86. The monoisotopic (exact) mass is 392 g/mol. The van der Waals surface area contributed by atoms with E-state index in [4.69, 9.17) is 4.99 Å². The molecule has 0 bridgehead atoms. The van der Waals surface area contributed by atoms with Crippen LogP contribution >= 0.6 is 0 Å². The van der Waals surface area contributed by atoms with Crippen LogP contribution in [0.2, 0.25) is 0 Å². The molecule has 0 radical (unpaired) electrons. The van der Waals surface area contributed by atoms with Crippen LogP contribution in [0.15, 0.2) is 29.3 Å². The van der Waals surface area contributed by atoms with Crippen molar-refractivity contribution in [3.63, 3.8) is 0 Å². The Kier molecular flexibility index (Phi) is 6.76. The SMILES string of the molecule is CCNC(=NCC1CCN(S(C)(=O)=O)CC1)NCC1CCc2ccccc21. The number of nitrogens with one attached hydrogen (secondary N) is 2. The number of sulfonamides is 1. The molecule has 0 spiro atoms. The molecule has 1 saturated heterocycles. The largest absolute Gasteiger partial charge is 0.357 e. The summed E-state index contributed by atoms with van der Waals surface area (Å²) in [6, 6.07) is 8.72. The average Bonchev–Trinajstić information content (AvgIpc) is 3.07. The van der Waals surface area contributed by atoms with Gasteiger partial charge in [-0.15, -0.1) is 0 Å². The lowest BCUT2D eigenvalue weighted by Gasteiger charge is -2.29. The number of hydrogen-bond donors (Lipinski definition) is 2. The van der Waals surface area contributed by atoms with Crippen LogP contribution in [0.5, 0.6) is 0 Å². The molecule has 1 unspecified atom stereocenters. The molecule has 1 atom stereocenters. The van der Waals surface area contributed by atoms with Crippen molar-refractivity contribution >= 4 is 16.0 Å². The highest BCUT2D eigenvalue weighted by Crippen LogP contribution is 2.32. The van der Waals surface area contributed by atoms with E-state index in [0.29, 0.717) is 24.9 Å². The van der Waals surface area contributed by atoms with Gasteiger partial charge in [-0.2, -0.15) is 0 Å². The molecular weight excluding hydrogens is 360 g/mol. The van der Waals surface area contributed by atoms with Crippen LogP contribution in [-0.4, -0.2) is 57.7 Å². The van der Waals surface area contributed by atoms with Gasteiger partial charge in [-0.25, -0.2) is 12.7 Å². The van der Waals surface area contributed by atoms with Crippen LogP contribution in [0.1, 0.15) is 43.2 Å². The summed E-state index contributed by atoms with van der Waals surface area (Å²) < 4.78 is 24.8. The van der Waals surface area contributed by atoms with Crippen molar-refractivity contribution in [3.05, 3.63) is 35.4 Å². The Morgan fingerprint density at radius 1 is 1.19 bits per heavy atom. The summed E-state index contributed by atoms with van der Waals surface area (Å²) in [6.07, 6.45) is 5.41. The number of nitrogens with zero attached hydrogens (tertiary/aromatic N) is 2. The van der Waals surface area contributed by atoms with Gasteiger partial charge in [0.1, 0.15) is 0 Å². The van der Waals surface area contributed by atoms with Crippen LogP contribution in [0.3, 0.4) is 0 Å². The van der Waals surface area contributed by atoms with Gasteiger partial charge in [-0.1, -0.05) is 24.3 Å². The van der Waals surface area contributed by atoms with E-state index in [1.165, 1.54) is 23.8 Å². The van der Waals surface area contributed by atoms with E-state index in [-0.39, 0.29) is 0 Å². The third-order valence-electron chi connectivity index (χ3n) is 5.67. The summed E-state index contributed by atoms with van der Waals surface area (Å²) in [6.45, 7) is 5.78. The fourth-order valence-corrected chi connectivity index (χ4v) is 4.94. The minimum atomic E-state index is -3.06. The molecule has 0 aromatic heterocycles. The molecule has 7 heteroatoms. The number of fused-ring (bicyclic) bond motifs is 1. The predicted molar refractivity (Wildman–Crippen MR) is 111 cm³/mol. The van der Waals surface area contributed by atoms with E-state index >= 15 is 0 Å². The van der Waals surface area contributed by atoms with Gasteiger partial charge in [0.25, 0.3) is 0 Å². The fourth-order valence-electron chi connectivity index (χ4n) is 4.06. The van der Waals surface area contributed by atoms with Gasteiger partial charge < -0.3 is 10.6 Å². The number of guanidine groups is 1. The van der Waals surface area contributed by atoms with E-state index in [1.54, 1.807) is 4.31 Å². The highest BCUT2D eigenvalue weighted by atomic mass is 32.2. The molecule has 1 heterocycles. The molecule has 1 fully saturated rings. The zero-order chi connectivity index (χ0) is 19.3. The Bertz CT molecular complexity index is 755. The van der Waals surface area contributed by atoms with Gasteiger partial charge in [-0.05, 0) is 49.7 Å². The van der Waals surface area contributed by atoms with Gasteiger partial charge in [-0.3, -0.25) is 4.99 Å². The maximum absolute atomic E-state index is 11.6. The van der Waals surface area contributed by atoms with Crippen LogP contribution < -0.4 is 10.6 Å². The lowest BCUT2D eigenvalue weighted by molar-refractivity contribution is 0.280. The Morgan fingerprint density at radius 3 is 2.63 bits per heavy atom. The van der Waals surface area contributed by atoms with Crippen LogP contribution in [0, 0.1) is 5.92 Å². The molecule has 2 N–H and O–H groups in total. The first kappa shape index (κ1) is 20.1. The zero-order valence-corrected chi connectivity index (χ0v) is 17.3. The molecule has 2 aliphatic rings. The molecule has 6 nitrogen and oxygen atoms in total. The van der Waals surface area contributed by atoms with Gasteiger partial charge in [0.15, 0.2) is 5.96 Å². The summed E-state index contributed by atoms with van der Waals surface area (Å²) in [4.78, 5) is 4.77. The standard InChI is InChI=1S/C20H32N4O2S/c1-3-21-20(22-14-16-10-12-24(13-11-16)27(2,25)26)23-15-18-9-8-17-6-4-5-7-19(17)18/h4-7,16,18H,3,8-15H2,1-2H3,(H2,21,22,23). The first-order chi connectivity index (χ1) is 13.0. The number of rotatable bonds is 6. The van der Waals surface area contributed by atoms with Gasteiger partial charge in [0, 0.05) is 38.6 Å². The normalized spacial score (nSPS) is 21.9. The molecule has 1 aromatic rings. The Balaban J connectivity index is 1.50. The van der Waals surface area contributed by atoms with Crippen molar-refractivity contribution in [2.45, 2.75) is 38.5 Å². The number of aryl methyl sites for hydroxylation is 1. The molecule has 1 aliphatic heterocycles. The number of benzene rings is 1. The van der Waals surface area contributed by atoms with Crippen molar-refractivity contribution in [3.8, 4) is 0 Å². The smallest absolute Gasteiger partial charge is 0.211 e. The van der Waals surface area contributed by atoms with E-state index in [2.05, 4.69) is 41.8 Å². The number of piperidine rings is 1. The van der Waals surface area contributed by atoms with Crippen molar-refractivity contribution in [1.29, 1.82) is 0 Å². The second kappa shape index (κ2) is 9.06. The Morgan fingerprint density at radius 2 is 1.93 bits per heavy atom. The second-order valence-corrected chi connectivity index (χ2v) is 9.62. The van der Waals surface area contributed by atoms with E-state index in [9.17, 15) is 8.42 Å². The summed E-state index contributed by atoms with van der Waals surface area (Å²) in [5.41, 5.74) is 2.94. The molecule has 3 rings (SSSR count). The topological polar surface area (TPSA) is 73.8 Å². The molecule has 0 amide bonds. The number of hydrogen-bond acceptors (Lipinski definition) is 3. The fraction of sp³-hybridized carbons (Fsp3) is 0.650. The van der Waals surface area contributed by atoms with Crippen molar-refractivity contribution in [2.75, 3.05) is 39.0 Å². The second-order valence-electron chi connectivity index (χ2n) is 7.64. The van der Waals surface area contributed by atoms with Crippen molar-refractivity contribution in [2.24, 2.45) is 10.9 Å². The van der Waals surface area contributed by atoms with Gasteiger partial charge in [0.2, 0.25) is 10.0 Å². The zero-order valence-electron chi connectivity index (χ0n) is 16.4. The van der Waals surface area contributed by atoms with Crippen LogP contribution in [0.4, 0.5) is 0 Å². The minimum Gasteiger partial charge on any atom is -0.357 e. The van der Waals surface area contributed by atoms with Crippen molar-refractivity contribution in [1.82, 2.24) is 14.9 Å². The highest BCUT2D eigenvalue weighted by Gasteiger charge is 2.25. The lowest BCUT2D eigenvalue weighted by atomic mass is 9.98. The molecular formula is C20H32N4O2S. The van der Waals surface area contributed by atoms with Crippen LogP contribution in [-0.2, 0) is 16.4 Å². The quantitative estimate of drug-likeness (QED) is 0.573. The first-order valence-electron chi connectivity index (χ1n) is 10.0. The van der Waals surface area contributed by atoms with E-state index in [0.717, 1.165) is 44.9 Å². The Labute approximate surface area is 163 Å². The maximum Gasteiger partial charge on any atom is 0.211 e. The summed E-state index contributed by atoms with van der Waals surface area (Å²) >= 11 is 0. The predicted octanol–water partition coefficient (Wildman–Crippen LogP) is 1.94. The molecule has 150 valence electrons. The van der Waals surface area contributed by atoms with Gasteiger partial charge >= 0.3 is 0 Å². The highest BCUT2D eigenvalue weighted by molar-refractivity contribution is 7.88. The third kappa shape index (κ3) is 5.45. The maximum atomic E-state index is 11.6. The first-order valence-corrected chi connectivity index (χ1v) is 11.9.